The summed E-state index contributed by atoms with van der Waals surface area (Å²) in [5.74, 6) is 0.336. The van der Waals surface area contributed by atoms with Crippen molar-refractivity contribution in [3.8, 4) is 0 Å². The van der Waals surface area contributed by atoms with Gasteiger partial charge in [-0.25, -0.2) is 0 Å². The predicted molar refractivity (Wildman–Crippen MR) is 106 cm³/mol. The van der Waals surface area contributed by atoms with Crippen LogP contribution in [-0.2, 0) is 11.2 Å². The van der Waals surface area contributed by atoms with Crippen molar-refractivity contribution in [2.24, 2.45) is 5.41 Å². The molecule has 0 aromatic heterocycles. The Balaban J connectivity index is 1.33. The molecule has 1 aromatic carbocycles. The van der Waals surface area contributed by atoms with Crippen LogP contribution in [0.3, 0.4) is 0 Å². The maximum atomic E-state index is 12.9. The highest BCUT2D eigenvalue weighted by molar-refractivity contribution is 5.93. The van der Waals surface area contributed by atoms with Gasteiger partial charge in [-0.15, -0.1) is 0 Å². The van der Waals surface area contributed by atoms with Crippen LogP contribution in [-0.4, -0.2) is 48.4 Å². The summed E-state index contributed by atoms with van der Waals surface area (Å²) < 4.78 is 0. The highest BCUT2D eigenvalue weighted by Crippen LogP contribution is 2.39. The van der Waals surface area contributed by atoms with Crippen molar-refractivity contribution >= 4 is 5.91 Å². The molecule has 3 aliphatic rings. The summed E-state index contributed by atoms with van der Waals surface area (Å²) in [5, 5.41) is 0. The van der Waals surface area contributed by atoms with Crippen LogP contribution in [0.25, 0.3) is 0 Å². The lowest BCUT2D eigenvalue weighted by molar-refractivity contribution is -0.127. The Hall–Kier alpha value is -1.61. The van der Waals surface area contributed by atoms with E-state index in [1.807, 2.05) is 0 Å². The Morgan fingerprint density at radius 1 is 1.00 bits per heavy atom. The molecule has 26 heavy (non-hydrogen) atoms. The van der Waals surface area contributed by atoms with Crippen molar-refractivity contribution in [3.63, 3.8) is 0 Å². The number of hydrogen-bond donors (Lipinski definition) is 0. The minimum atomic E-state index is 0.336. The van der Waals surface area contributed by atoms with Gasteiger partial charge in [-0.3, -0.25) is 4.79 Å². The quantitative estimate of drug-likeness (QED) is 0.816. The van der Waals surface area contributed by atoms with Crippen LogP contribution in [0.5, 0.6) is 0 Å². The Kier molecular flexibility index (Phi) is 5.44. The number of benzene rings is 1. The molecule has 0 saturated carbocycles. The lowest BCUT2D eigenvalue weighted by Gasteiger charge is -2.40. The summed E-state index contributed by atoms with van der Waals surface area (Å²) in [6.45, 7) is 5.47. The van der Waals surface area contributed by atoms with Gasteiger partial charge in [0.1, 0.15) is 0 Å². The highest BCUT2D eigenvalue weighted by atomic mass is 16.2. The highest BCUT2D eigenvalue weighted by Gasteiger charge is 2.42. The monoisotopic (exact) mass is 352 g/mol. The molecule has 0 unspecified atom stereocenters. The summed E-state index contributed by atoms with van der Waals surface area (Å²) in [5.41, 5.74) is 2.87. The normalized spacial score (nSPS) is 26.9. The van der Waals surface area contributed by atoms with Gasteiger partial charge in [-0.1, -0.05) is 36.4 Å². The van der Waals surface area contributed by atoms with E-state index in [-0.39, 0.29) is 0 Å². The lowest BCUT2D eigenvalue weighted by atomic mass is 9.79. The minimum absolute atomic E-state index is 0.336. The summed E-state index contributed by atoms with van der Waals surface area (Å²) in [4.78, 5) is 17.7. The van der Waals surface area contributed by atoms with E-state index < -0.39 is 0 Å². The van der Waals surface area contributed by atoms with Crippen LogP contribution >= 0.6 is 0 Å². The number of nitrogens with zero attached hydrogens (tertiary/aromatic N) is 2. The van der Waals surface area contributed by atoms with E-state index in [1.54, 1.807) is 0 Å². The molecule has 2 heterocycles. The summed E-state index contributed by atoms with van der Waals surface area (Å²) in [7, 11) is 0. The Morgan fingerprint density at radius 3 is 2.69 bits per heavy atom. The fourth-order valence-electron chi connectivity index (χ4n) is 5.11. The largest absolute Gasteiger partial charge is 0.338 e. The van der Waals surface area contributed by atoms with Crippen LogP contribution in [0.1, 0.15) is 50.5 Å². The zero-order chi connectivity index (χ0) is 17.8. The van der Waals surface area contributed by atoms with E-state index in [2.05, 4.69) is 46.2 Å². The lowest BCUT2D eigenvalue weighted by Crippen LogP contribution is -2.46. The van der Waals surface area contributed by atoms with Gasteiger partial charge in [-0.05, 0) is 63.5 Å². The van der Waals surface area contributed by atoms with Crippen molar-refractivity contribution in [2.75, 3.05) is 32.7 Å². The molecule has 2 fully saturated rings. The number of rotatable bonds is 4. The predicted octanol–water partition coefficient (Wildman–Crippen LogP) is 4.04. The Labute approximate surface area is 158 Å². The molecule has 2 aliphatic heterocycles. The molecule has 3 nitrogen and oxygen atoms in total. The second-order valence-corrected chi connectivity index (χ2v) is 8.57. The first-order chi connectivity index (χ1) is 12.7. The summed E-state index contributed by atoms with van der Waals surface area (Å²) >= 11 is 0. The fourth-order valence-corrected chi connectivity index (χ4v) is 5.11. The molecule has 0 bridgehead atoms. The number of likely N-dealkylation sites (tertiary alicyclic amines) is 2. The van der Waals surface area contributed by atoms with E-state index in [4.69, 9.17) is 0 Å². The van der Waals surface area contributed by atoms with E-state index in [1.165, 1.54) is 50.8 Å². The van der Waals surface area contributed by atoms with Crippen LogP contribution in [0, 0.1) is 5.41 Å². The van der Waals surface area contributed by atoms with Crippen molar-refractivity contribution in [1.82, 2.24) is 9.80 Å². The molecule has 140 valence electrons. The van der Waals surface area contributed by atoms with E-state index >= 15 is 0 Å². The van der Waals surface area contributed by atoms with Gasteiger partial charge in [0.15, 0.2) is 0 Å². The van der Waals surface area contributed by atoms with Crippen molar-refractivity contribution < 1.29 is 4.79 Å². The number of allylic oxidation sites excluding steroid dienone is 1. The Morgan fingerprint density at radius 2 is 1.88 bits per heavy atom. The maximum absolute atomic E-state index is 12.9. The standard InChI is InChI=1S/C23H32N2O/c26-22(21-10-5-2-6-11-21)25-17-14-23(19-25)13-7-15-24(18-23)16-12-20-8-3-1-4-9-20/h1,3-4,8-10H,2,5-7,11-19H2/t23-/m0/s1. The van der Waals surface area contributed by atoms with Crippen molar-refractivity contribution in [3.05, 3.63) is 47.5 Å². The molecule has 1 aromatic rings. The second-order valence-electron chi connectivity index (χ2n) is 8.57. The minimum Gasteiger partial charge on any atom is -0.338 e. The smallest absolute Gasteiger partial charge is 0.249 e. The molecule has 1 aliphatic carbocycles. The molecule has 1 spiro atoms. The zero-order valence-corrected chi connectivity index (χ0v) is 16.0. The van der Waals surface area contributed by atoms with E-state index in [9.17, 15) is 4.79 Å². The van der Waals surface area contributed by atoms with Gasteiger partial charge in [0.25, 0.3) is 0 Å². The molecular formula is C23H32N2O. The van der Waals surface area contributed by atoms with Gasteiger partial charge in [0, 0.05) is 37.2 Å². The Bertz CT molecular complexity index is 653. The second kappa shape index (κ2) is 7.96. The van der Waals surface area contributed by atoms with Crippen molar-refractivity contribution in [2.45, 2.75) is 51.4 Å². The maximum Gasteiger partial charge on any atom is 0.249 e. The molecule has 1 atom stereocenters. The third-order valence-corrected chi connectivity index (χ3v) is 6.59. The van der Waals surface area contributed by atoms with Crippen LogP contribution in [0.4, 0.5) is 0 Å². The van der Waals surface area contributed by atoms with E-state index in [0.29, 0.717) is 11.3 Å². The summed E-state index contributed by atoms with van der Waals surface area (Å²) in [6.07, 6.45) is 11.6. The zero-order valence-electron chi connectivity index (χ0n) is 16.0. The molecule has 3 heteroatoms. The van der Waals surface area contributed by atoms with Crippen molar-refractivity contribution in [1.29, 1.82) is 0 Å². The number of amides is 1. The van der Waals surface area contributed by atoms with Crippen LogP contribution in [0.15, 0.2) is 42.0 Å². The SMILES string of the molecule is O=C(C1=CCCCC1)N1CC[C@]2(CCCN(CCc3ccccc3)C2)C1. The van der Waals surface area contributed by atoms with Crippen LogP contribution < -0.4 is 0 Å². The van der Waals surface area contributed by atoms with Gasteiger partial charge in [0.2, 0.25) is 5.91 Å². The number of piperidine rings is 1. The molecular weight excluding hydrogens is 320 g/mol. The molecule has 4 rings (SSSR count). The molecule has 0 N–H and O–H groups in total. The average molecular weight is 353 g/mol. The number of carbonyl (C=O) groups excluding carboxylic acids is 1. The molecule has 0 radical (unpaired) electrons. The van der Waals surface area contributed by atoms with E-state index in [0.717, 1.165) is 44.5 Å². The average Bonchev–Trinajstić information content (AvgIpc) is 3.10. The first-order valence-corrected chi connectivity index (χ1v) is 10.5. The van der Waals surface area contributed by atoms with Gasteiger partial charge >= 0.3 is 0 Å². The van der Waals surface area contributed by atoms with Crippen LogP contribution in [0.2, 0.25) is 0 Å². The number of hydrogen-bond acceptors (Lipinski definition) is 2. The third-order valence-electron chi connectivity index (χ3n) is 6.59. The topological polar surface area (TPSA) is 23.6 Å². The van der Waals surface area contributed by atoms with Gasteiger partial charge in [-0.2, -0.15) is 0 Å². The molecule has 2 saturated heterocycles. The first-order valence-electron chi connectivity index (χ1n) is 10.5. The molecule has 1 amide bonds. The van der Waals surface area contributed by atoms with Gasteiger partial charge < -0.3 is 9.80 Å². The number of carbonyl (C=O) groups is 1. The van der Waals surface area contributed by atoms with Gasteiger partial charge in [0.05, 0.1) is 0 Å². The summed E-state index contributed by atoms with van der Waals surface area (Å²) in [6, 6.07) is 10.8. The third kappa shape index (κ3) is 4.03. The fraction of sp³-hybridized carbons (Fsp3) is 0.609. The first kappa shape index (κ1) is 17.8.